The number of rotatable bonds is 2. The monoisotopic (exact) mass is 483 g/mol. The van der Waals surface area contributed by atoms with Gasteiger partial charge in [-0.1, -0.05) is 23.5 Å². The number of carboxylic acid groups (broad SMARTS) is 2. The quantitative estimate of drug-likeness (QED) is 0.150. The molecular weight excluding hydrogens is 471 g/mol. The molecule has 108 valence electrons. The minimum atomic E-state index is -1.40. The maximum atomic E-state index is 10.4. The number of hydrogen-bond donors (Lipinski definition) is 4. The van der Waals surface area contributed by atoms with Crippen LogP contribution in [0.15, 0.2) is 20.6 Å². The van der Waals surface area contributed by atoms with Crippen LogP contribution in [0.1, 0.15) is 0 Å². The van der Waals surface area contributed by atoms with E-state index in [1.165, 1.54) is 0 Å². The van der Waals surface area contributed by atoms with Gasteiger partial charge < -0.3 is 20.8 Å². The number of nitrogens with one attached hydrogen (secondary N) is 2. The fraction of sp³-hybridized carbons (Fsp3) is 0.200. The van der Waals surface area contributed by atoms with Gasteiger partial charge in [-0.05, 0) is 10.8 Å². The van der Waals surface area contributed by atoms with Gasteiger partial charge in [-0.2, -0.15) is 0 Å². The number of carboxylic acids is 2. The van der Waals surface area contributed by atoms with Crippen molar-refractivity contribution in [1.82, 2.24) is 10.6 Å². The summed E-state index contributed by atoms with van der Waals surface area (Å²) >= 11 is 2.22. The summed E-state index contributed by atoms with van der Waals surface area (Å²) in [6, 6.07) is 0. The van der Waals surface area contributed by atoms with Crippen molar-refractivity contribution in [3.63, 3.8) is 0 Å². The first-order valence-electron chi connectivity index (χ1n) is 4.92. The molecule has 3 aliphatic heterocycles. The number of thioether (sulfide) groups is 2. The summed E-state index contributed by atoms with van der Waals surface area (Å²) in [5, 5.41) is 26.1. The van der Waals surface area contributed by atoms with Gasteiger partial charge in [-0.15, -0.1) is 13.1 Å². The van der Waals surface area contributed by atoms with Crippen molar-refractivity contribution in [2.24, 2.45) is 0 Å². The summed E-state index contributed by atoms with van der Waals surface area (Å²) in [5.41, 5.74) is -0.560. The van der Waals surface area contributed by atoms with E-state index in [9.17, 15) is 9.59 Å². The molecule has 3 heterocycles. The first-order chi connectivity index (χ1) is 8.63. The molecule has 0 aromatic rings. The molecule has 2 fully saturated rings. The molecule has 0 aromatic heterocycles. The van der Waals surface area contributed by atoms with E-state index >= 15 is 0 Å². The van der Waals surface area contributed by atoms with Crippen LogP contribution in [0.2, 0.25) is 0 Å². The van der Waals surface area contributed by atoms with Gasteiger partial charge in [0.2, 0.25) is 0 Å². The Bertz CT molecular complexity index is 346. The molecular formula is C10H12N2O4PtS2. The van der Waals surface area contributed by atoms with E-state index in [0.29, 0.717) is 4.24 Å². The van der Waals surface area contributed by atoms with Crippen molar-refractivity contribution >= 4 is 35.5 Å². The molecule has 6 nitrogen and oxygen atoms in total. The first kappa shape index (κ1) is 18.7. The fourth-order valence-corrected chi connectivity index (χ4v) is 2.42. The second-order valence-electron chi connectivity index (χ2n) is 3.01. The normalized spacial score (nSPS) is 16.9. The maximum absolute atomic E-state index is 10.4. The van der Waals surface area contributed by atoms with Crippen molar-refractivity contribution < 1.29 is 40.9 Å². The third-order valence-electron chi connectivity index (χ3n) is 1.45. The molecule has 3 rings (SSSR count). The Morgan fingerprint density at radius 1 is 1.05 bits per heavy atom. The number of hydrogen-bond acceptors (Lipinski definition) is 6. The summed E-state index contributed by atoms with van der Waals surface area (Å²) < 4.78 is 0.301. The zero-order chi connectivity index (χ0) is 13.4. The molecule has 4 N–H and O–H groups in total. The largest absolute Gasteiger partial charge is 2.00 e. The minimum absolute atomic E-state index is 0. The van der Waals surface area contributed by atoms with E-state index in [1.54, 1.807) is 10.8 Å². The standard InChI is InChI=1S/C6H4O4S2.2C2H4N.Pt/c7-4(8)3(5(9)10)6-11-1-2-12-6;2*1-2-3-1;/h1-2H,(H,7,8)(H,9,10);2*1,3H,2H2;/q;2*-1;+2. The van der Waals surface area contributed by atoms with Gasteiger partial charge in [0.1, 0.15) is 0 Å². The predicted molar refractivity (Wildman–Crippen MR) is 71.2 cm³/mol. The Kier molecular flexibility index (Phi) is 10.4. The molecule has 19 heavy (non-hydrogen) atoms. The Hall–Kier alpha value is -0.272. The van der Waals surface area contributed by atoms with Gasteiger partial charge in [0.25, 0.3) is 0 Å². The van der Waals surface area contributed by atoms with E-state index in [2.05, 4.69) is 10.6 Å². The van der Waals surface area contributed by atoms with E-state index in [4.69, 9.17) is 10.2 Å². The van der Waals surface area contributed by atoms with Crippen molar-refractivity contribution in [3.05, 3.63) is 33.7 Å². The summed E-state index contributed by atoms with van der Waals surface area (Å²) in [4.78, 5) is 20.9. The molecule has 0 spiro atoms. The van der Waals surface area contributed by atoms with Crippen LogP contribution < -0.4 is 10.6 Å². The second kappa shape index (κ2) is 10.5. The number of aliphatic carboxylic acids is 2. The van der Waals surface area contributed by atoms with Gasteiger partial charge in [0.15, 0.2) is 5.57 Å². The first-order valence-corrected chi connectivity index (χ1v) is 6.68. The Morgan fingerprint density at radius 2 is 1.37 bits per heavy atom. The van der Waals surface area contributed by atoms with Crippen LogP contribution in [-0.2, 0) is 30.7 Å². The zero-order valence-electron chi connectivity index (χ0n) is 9.57. The molecule has 0 bridgehead atoms. The molecule has 0 aliphatic carbocycles. The van der Waals surface area contributed by atoms with Crippen LogP contribution in [0.5, 0.6) is 0 Å². The van der Waals surface area contributed by atoms with Crippen LogP contribution in [0.25, 0.3) is 0 Å². The summed E-state index contributed by atoms with van der Waals surface area (Å²) in [6.07, 6.45) is 0. The Labute approximate surface area is 133 Å². The third-order valence-corrected chi connectivity index (χ3v) is 3.58. The average molecular weight is 483 g/mol. The topological polar surface area (TPSA) is 118 Å². The van der Waals surface area contributed by atoms with Gasteiger partial charge >= 0.3 is 33.0 Å². The van der Waals surface area contributed by atoms with Gasteiger partial charge in [-0.25, -0.2) is 9.59 Å². The molecule has 0 aromatic carbocycles. The van der Waals surface area contributed by atoms with E-state index in [0.717, 1.165) is 36.6 Å². The molecule has 0 atom stereocenters. The van der Waals surface area contributed by atoms with E-state index < -0.39 is 17.5 Å². The van der Waals surface area contributed by atoms with Crippen molar-refractivity contribution in [2.45, 2.75) is 0 Å². The van der Waals surface area contributed by atoms with Crippen molar-refractivity contribution in [1.29, 1.82) is 0 Å². The van der Waals surface area contributed by atoms with Crippen LogP contribution in [0, 0.1) is 13.1 Å². The van der Waals surface area contributed by atoms with Crippen LogP contribution in [0.3, 0.4) is 0 Å². The molecule has 0 radical (unpaired) electrons. The minimum Gasteiger partial charge on any atom is -0.493 e. The SMILES string of the molecule is O=C(O)C(C(=O)O)=C1SC=CS1.[CH-]1CN1.[CH-]1CN1.[Pt+2]. The van der Waals surface area contributed by atoms with Crippen LogP contribution >= 0.6 is 23.5 Å². The fourth-order valence-electron chi connectivity index (χ4n) is 0.591. The Morgan fingerprint density at radius 3 is 1.58 bits per heavy atom. The molecule has 0 unspecified atom stereocenters. The summed E-state index contributed by atoms with van der Waals surface area (Å²) in [6.45, 7) is 6.25. The van der Waals surface area contributed by atoms with Crippen molar-refractivity contribution in [2.75, 3.05) is 13.1 Å². The van der Waals surface area contributed by atoms with E-state index in [1.807, 2.05) is 13.1 Å². The summed E-state index contributed by atoms with van der Waals surface area (Å²) in [5.74, 6) is -2.80. The van der Waals surface area contributed by atoms with Crippen LogP contribution in [-0.4, -0.2) is 35.2 Å². The second-order valence-corrected chi connectivity index (χ2v) is 5.10. The van der Waals surface area contributed by atoms with Crippen LogP contribution in [0.4, 0.5) is 0 Å². The maximum Gasteiger partial charge on any atom is 2.00 e. The molecule has 0 amide bonds. The zero-order valence-corrected chi connectivity index (χ0v) is 13.5. The molecule has 3 aliphatic rings. The van der Waals surface area contributed by atoms with Gasteiger partial charge in [-0.3, -0.25) is 13.1 Å². The molecule has 2 saturated heterocycles. The number of carbonyl (C=O) groups is 2. The molecule has 9 heteroatoms. The molecule has 0 saturated carbocycles. The van der Waals surface area contributed by atoms with Crippen molar-refractivity contribution in [3.8, 4) is 0 Å². The average Bonchev–Trinajstić information content (AvgIpc) is 3.15. The van der Waals surface area contributed by atoms with Gasteiger partial charge in [0, 0.05) is 0 Å². The van der Waals surface area contributed by atoms with E-state index in [-0.39, 0.29) is 21.1 Å². The van der Waals surface area contributed by atoms with Gasteiger partial charge in [0.05, 0.1) is 4.24 Å². The third kappa shape index (κ3) is 10.2. The smallest absolute Gasteiger partial charge is 0.493 e. The Balaban J connectivity index is 0.000000376. The predicted octanol–water partition coefficient (Wildman–Crippen LogP) is 0.819. The summed E-state index contributed by atoms with van der Waals surface area (Å²) in [7, 11) is 0.